The first-order chi connectivity index (χ1) is 45.4. The highest BCUT2D eigenvalue weighted by Crippen LogP contribution is 2.67. The molecule has 14 rings (SSSR count). The number of nitrogens with one attached hydrogen (secondary N) is 2. The molecule has 3 saturated carbocycles. The molecule has 4 saturated heterocycles. The van der Waals surface area contributed by atoms with Gasteiger partial charge in [-0.1, -0.05) is 133 Å². The molecular weight excluding hydrogens is 1270 g/mol. The Morgan fingerprint density at radius 1 is 0.583 bits per heavy atom. The number of benzene rings is 3. The lowest BCUT2D eigenvalue weighted by Crippen LogP contribution is -2.60. The van der Waals surface area contributed by atoms with Crippen molar-refractivity contribution in [1.29, 1.82) is 0 Å². The van der Waals surface area contributed by atoms with Crippen LogP contribution < -0.4 is 32.8 Å². The number of aryl methyl sites for hydroxylation is 3. The number of hydrogen-bond donors (Lipinski definition) is 3. The molecule has 3 aromatic heterocycles. The summed E-state index contributed by atoms with van der Waals surface area (Å²) in [6.07, 6.45) is 5.92. The number of hydrogen-bond acceptors (Lipinski definition) is 19. The topological polar surface area (TPSA) is 291 Å². The molecule has 6 aromatic rings. The van der Waals surface area contributed by atoms with Crippen molar-refractivity contribution >= 4 is 18.4 Å². The molecule has 3 aromatic carbocycles. The fourth-order valence-corrected chi connectivity index (χ4v) is 17.1. The van der Waals surface area contributed by atoms with Crippen molar-refractivity contribution in [3.05, 3.63) is 195 Å². The van der Waals surface area contributed by atoms with E-state index < -0.39 is 113 Å². The highest BCUT2D eigenvalue weighted by Gasteiger charge is 2.79. The van der Waals surface area contributed by atoms with E-state index in [1.807, 2.05) is 105 Å². The number of aromatic amines is 2. The van der Waals surface area contributed by atoms with Crippen LogP contribution in [0.4, 0.5) is 0 Å². The predicted octanol–water partition coefficient (Wildman–Crippen LogP) is 8.15. The molecule has 8 aliphatic rings. The second-order valence-corrected chi connectivity index (χ2v) is 34.9. The van der Waals surface area contributed by atoms with Crippen LogP contribution in [0, 0.1) is 20.8 Å². The first-order valence-electron chi connectivity index (χ1n) is 33.3. The van der Waals surface area contributed by atoms with Crippen LogP contribution in [-0.2, 0) is 71.7 Å². The van der Waals surface area contributed by atoms with Crippen LogP contribution in [0.25, 0.3) is 0 Å². The first kappa shape index (κ1) is 69.4. The van der Waals surface area contributed by atoms with Crippen molar-refractivity contribution in [1.82, 2.24) is 28.7 Å². The number of rotatable bonds is 20. The van der Waals surface area contributed by atoms with Gasteiger partial charge in [0, 0.05) is 35.3 Å². The maximum absolute atomic E-state index is 13.1. The van der Waals surface area contributed by atoms with Gasteiger partial charge in [-0.2, -0.15) is 13.4 Å². The summed E-state index contributed by atoms with van der Waals surface area (Å²) in [5, 5.41) is 11.0. The van der Waals surface area contributed by atoms with Crippen LogP contribution in [0.5, 0.6) is 6.01 Å². The molecule has 3 aliphatic carbocycles. The van der Waals surface area contributed by atoms with E-state index in [-0.39, 0.29) is 46.0 Å². The van der Waals surface area contributed by atoms with E-state index in [9.17, 15) is 37.5 Å². The Bertz CT molecular complexity index is 4260. The van der Waals surface area contributed by atoms with Crippen LogP contribution in [0.15, 0.2) is 134 Å². The number of ether oxygens (including phenoxy) is 8. The van der Waals surface area contributed by atoms with Gasteiger partial charge in [-0.05, 0) is 113 Å². The van der Waals surface area contributed by atoms with Crippen molar-refractivity contribution in [2.24, 2.45) is 0 Å². The van der Waals surface area contributed by atoms with Gasteiger partial charge < -0.3 is 47.4 Å². The summed E-state index contributed by atoms with van der Waals surface area (Å²) < 4.78 is 94.0. The molecule has 24 nitrogen and oxygen atoms in total. The maximum Gasteiger partial charge on any atom is 0.330 e. The van der Waals surface area contributed by atoms with Crippen molar-refractivity contribution < 1.29 is 60.0 Å². The Hall–Kier alpha value is -6.53. The molecular formula is C70H90N6O18SSi. The lowest BCUT2D eigenvalue weighted by molar-refractivity contribution is -0.226. The van der Waals surface area contributed by atoms with E-state index >= 15 is 0 Å². The number of aliphatic hydroxyl groups is 1. The van der Waals surface area contributed by atoms with Gasteiger partial charge >= 0.3 is 17.4 Å². The van der Waals surface area contributed by atoms with Crippen LogP contribution in [0.3, 0.4) is 0 Å². The van der Waals surface area contributed by atoms with Gasteiger partial charge in [-0.15, -0.1) is 0 Å². The summed E-state index contributed by atoms with van der Waals surface area (Å²) in [7, 11) is -6.35. The van der Waals surface area contributed by atoms with Gasteiger partial charge in [0.25, 0.3) is 26.8 Å². The van der Waals surface area contributed by atoms with E-state index in [2.05, 4.69) is 55.7 Å². The van der Waals surface area contributed by atoms with E-state index in [4.69, 9.17) is 46.5 Å². The zero-order chi connectivity index (χ0) is 68.8. The van der Waals surface area contributed by atoms with E-state index in [0.29, 0.717) is 62.9 Å². The van der Waals surface area contributed by atoms with Crippen molar-refractivity contribution in [2.75, 3.05) is 6.26 Å². The molecule has 0 amide bonds. The second-order valence-electron chi connectivity index (χ2n) is 28.6. The molecule has 26 heteroatoms. The number of aromatic nitrogens is 6. The van der Waals surface area contributed by atoms with Gasteiger partial charge in [0.1, 0.15) is 46.8 Å². The standard InChI is InChI=1S/C28H42N2O8SSi.2C21H24N2O5/c1-9-28(27(15-16-27)38-40(7,8)26(3,4)5)22(35-18-20-13-11-10-12-14-20)21(37-39(6,33)34)24(36-28)30-17-19(2)23(31)29-25(30)32;1-3-21(20(25)9-10-20)16(26-12-14-7-5-4-6-8-14)15-18(28-21)23-11-13(2)17(24)22-19(23)27-15;1-3-21-16(26-12-14-7-5-4-6-8-14)15(27-20(21)9-10-20)18(28-21)23-11-13(2)17(24)22-19(23)25/h10-14,17,21-22,24H,9,15-16,18H2,1-8H3,(H,29,31,32);4-8,11,15-16,18,25H,3,9-10,12H2,1-2H3;4-8,11,15-16,18H,3,9-10,12H2,1-2H3,(H,22,24,25)/t21-,22?,24+,28+;2*15-,16?,18+,21+/m000/s1. The minimum absolute atomic E-state index is 0.0917. The molecule has 8 heterocycles. The summed E-state index contributed by atoms with van der Waals surface area (Å²) in [5.74, 6) is 0. The highest BCUT2D eigenvalue weighted by atomic mass is 32.2. The predicted molar refractivity (Wildman–Crippen MR) is 355 cm³/mol. The Kier molecular flexibility index (Phi) is 18.5. The average Bonchev–Trinajstić information content (AvgIpc) is 1.51. The zero-order valence-corrected chi connectivity index (χ0v) is 58.5. The van der Waals surface area contributed by atoms with Gasteiger partial charge in [0.15, 0.2) is 39.2 Å². The third-order valence-corrected chi connectivity index (χ3v) is 26.4. The van der Waals surface area contributed by atoms with Crippen LogP contribution in [0.1, 0.15) is 151 Å². The van der Waals surface area contributed by atoms with E-state index in [0.717, 1.165) is 42.2 Å². The molecule has 518 valence electrons. The summed E-state index contributed by atoms with van der Waals surface area (Å²) in [6.45, 7) is 22.8. The number of nitrogens with zero attached hydrogens (tertiary/aromatic N) is 4. The first-order valence-corrected chi connectivity index (χ1v) is 38.0. The quantitative estimate of drug-likeness (QED) is 0.0480. The monoisotopic (exact) mass is 1360 g/mol. The molecule has 1 spiro atoms. The highest BCUT2D eigenvalue weighted by molar-refractivity contribution is 7.86. The smallest absolute Gasteiger partial charge is 0.330 e. The summed E-state index contributed by atoms with van der Waals surface area (Å²) in [6, 6.07) is 29.7. The van der Waals surface area contributed by atoms with Gasteiger partial charge in [-0.3, -0.25) is 42.2 Å². The molecule has 0 radical (unpaired) electrons. The third-order valence-electron chi connectivity index (χ3n) is 21.3. The number of fused-ring (bicyclic) bond motifs is 6. The van der Waals surface area contributed by atoms with Gasteiger partial charge in [0.05, 0.1) is 37.3 Å². The summed E-state index contributed by atoms with van der Waals surface area (Å²) >= 11 is 0. The second kappa shape index (κ2) is 25.6. The molecule has 3 N–H and O–H groups in total. The Balaban J connectivity index is 0.000000141. The van der Waals surface area contributed by atoms with Crippen LogP contribution in [0.2, 0.25) is 18.1 Å². The van der Waals surface area contributed by atoms with E-state index in [1.54, 1.807) is 37.7 Å². The minimum atomic E-state index is -4.02. The zero-order valence-electron chi connectivity index (χ0n) is 56.7. The molecule has 2 bridgehead atoms. The Morgan fingerprint density at radius 3 is 1.47 bits per heavy atom. The lowest BCUT2D eigenvalue weighted by Gasteiger charge is -2.47. The minimum Gasteiger partial charge on any atom is -0.453 e. The molecule has 12 atom stereocenters. The van der Waals surface area contributed by atoms with Crippen molar-refractivity contribution in [3.63, 3.8) is 0 Å². The Labute approximate surface area is 558 Å². The fraction of sp³-hybridized carbons (Fsp3) is 0.571. The van der Waals surface area contributed by atoms with Gasteiger partial charge in [-0.25, -0.2) is 9.59 Å². The third kappa shape index (κ3) is 12.4. The van der Waals surface area contributed by atoms with Crippen molar-refractivity contribution in [3.8, 4) is 6.01 Å². The molecule has 96 heavy (non-hydrogen) atoms. The van der Waals surface area contributed by atoms with Gasteiger partial charge in [0.2, 0.25) is 0 Å². The fourth-order valence-electron chi connectivity index (χ4n) is 14.8. The van der Waals surface area contributed by atoms with Crippen LogP contribution in [-0.4, -0.2) is 127 Å². The SMILES string of the molecule is CC[C@@]1(C2(O)CC2)O[C@@H]2[C@@H](Oc3nc(=O)c(C)cn32)C1OCc1ccccc1.CC[C@@]1(C2(O[Si](C)(C)C(C)(C)C)CC2)O[C@@H](n2cc(C)c(=O)[nH]c2=O)[C@@H](OS(C)(=O)=O)C1OCc1ccccc1.CC[C@]12O[C@@H](n3cc(C)c(=O)[nH]c3=O)[C@@H](OC13CC3)C2OCc1ccccc1. The largest absolute Gasteiger partial charge is 0.453 e. The molecule has 3 unspecified atom stereocenters. The normalized spacial score (nSPS) is 29.8. The van der Waals surface area contributed by atoms with Crippen molar-refractivity contribution in [2.45, 2.75) is 247 Å². The molecule has 7 fully saturated rings. The van der Waals surface area contributed by atoms with Crippen LogP contribution >= 0.6 is 0 Å². The molecule has 5 aliphatic heterocycles. The Morgan fingerprint density at radius 2 is 1.02 bits per heavy atom. The average molecular weight is 1360 g/mol. The summed E-state index contributed by atoms with van der Waals surface area (Å²) in [4.78, 5) is 70.0. The summed E-state index contributed by atoms with van der Waals surface area (Å²) in [5.41, 5.74) is -2.75. The number of H-pyrrole nitrogens is 2. The lowest BCUT2D eigenvalue weighted by atomic mass is 9.84. The van der Waals surface area contributed by atoms with E-state index in [1.165, 1.54) is 15.3 Å². The maximum atomic E-state index is 13.1.